The quantitative estimate of drug-likeness (QED) is 0.834. The lowest BCUT2D eigenvalue weighted by Crippen LogP contribution is -2.36. The van der Waals surface area contributed by atoms with Gasteiger partial charge in [0.2, 0.25) is 0 Å². The van der Waals surface area contributed by atoms with Crippen LogP contribution in [0.2, 0.25) is 5.02 Å². The number of hydrogen-bond acceptors (Lipinski definition) is 4. The molecule has 1 aliphatic heterocycles. The van der Waals surface area contributed by atoms with Gasteiger partial charge < -0.3 is 14.1 Å². The predicted octanol–water partition coefficient (Wildman–Crippen LogP) is 4.02. The maximum absolute atomic E-state index is 12.3. The predicted molar refractivity (Wildman–Crippen MR) is 92.1 cm³/mol. The van der Waals surface area contributed by atoms with Crippen molar-refractivity contribution in [3.05, 3.63) is 53.4 Å². The zero-order chi connectivity index (χ0) is 16.1. The topological polar surface area (TPSA) is 42.7 Å². The van der Waals surface area contributed by atoms with Crippen LogP contribution in [0.25, 0.3) is 0 Å². The average molecular weight is 352 g/mol. The van der Waals surface area contributed by atoms with E-state index in [1.807, 2.05) is 28.8 Å². The first-order valence-corrected chi connectivity index (χ1v) is 8.96. The van der Waals surface area contributed by atoms with Crippen molar-refractivity contribution < 1.29 is 13.9 Å². The van der Waals surface area contributed by atoms with Crippen LogP contribution in [-0.4, -0.2) is 36.3 Å². The van der Waals surface area contributed by atoms with Crippen LogP contribution < -0.4 is 4.74 Å². The van der Waals surface area contributed by atoms with Gasteiger partial charge in [0.1, 0.15) is 11.5 Å². The summed E-state index contributed by atoms with van der Waals surface area (Å²) in [7, 11) is 0. The van der Waals surface area contributed by atoms with E-state index in [4.69, 9.17) is 20.8 Å². The molecule has 1 aromatic carbocycles. The van der Waals surface area contributed by atoms with E-state index >= 15 is 0 Å². The molecule has 122 valence electrons. The van der Waals surface area contributed by atoms with E-state index in [9.17, 15) is 4.79 Å². The third-order valence-electron chi connectivity index (χ3n) is 3.73. The van der Waals surface area contributed by atoms with Gasteiger partial charge in [0.05, 0.1) is 11.5 Å². The fourth-order valence-corrected chi connectivity index (χ4v) is 3.80. The number of carbonyl (C=O) groups is 1. The molecule has 0 aliphatic carbocycles. The number of carbonyl (C=O) groups excluding carboxylic acids is 1. The van der Waals surface area contributed by atoms with E-state index < -0.39 is 0 Å². The molecule has 0 N–H and O–H groups in total. The minimum Gasteiger partial charge on any atom is -0.484 e. The summed E-state index contributed by atoms with van der Waals surface area (Å²) in [5.41, 5.74) is 0. The first kappa shape index (κ1) is 16.3. The van der Waals surface area contributed by atoms with Crippen LogP contribution in [-0.2, 0) is 4.79 Å². The monoisotopic (exact) mass is 351 g/mol. The van der Waals surface area contributed by atoms with E-state index in [0.29, 0.717) is 16.0 Å². The summed E-state index contributed by atoms with van der Waals surface area (Å²) in [5, 5.41) is 0.970. The Morgan fingerprint density at radius 2 is 2.13 bits per heavy atom. The molecule has 0 bridgehead atoms. The van der Waals surface area contributed by atoms with E-state index in [0.717, 1.165) is 31.0 Å². The van der Waals surface area contributed by atoms with Crippen molar-refractivity contribution in [1.82, 2.24) is 4.90 Å². The molecule has 1 fully saturated rings. The lowest BCUT2D eigenvalue weighted by molar-refractivity contribution is -0.133. The van der Waals surface area contributed by atoms with Crippen LogP contribution in [0.3, 0.4) is 0 Å². The Balaban J connectivity index is 1.50. The molecule has 0 saturated carbocycles. The highest BCUT2D eigenvalue weighted by Crippen LogP contribution is 2.34. The van der Waals surface area contributed by atoms with Gasteiger partial charge in [-0.05, 0) is 42.8 Å². The van der Waals surface area contributed by atoms with Crippen molar-refractivity contribution in [2.75, 3.05) is 25.4 Å². The molecular formula is C17H18ClNO3S. The number of thioether (sulfide) groups is 1. The molecule has 3 rings (SSSR count). The minimum atomic E-state index is 0.0145. The van der Waals surface area contributed by atoms with Crippen molar-refractivity contribution in [2.24, 2.45) is 0 Å². The number of rotatable bonds is 4. The van der Waals surface area contributed by atoms with Gasteiger partial charge in [-0.15, -0.1) is 11.8 Å². The van der Waals surface area contributed by atoms with Gasteiger partial charge in [-0.25, -0.2) is 0 Å². The smallest absolute Gasteiger partial charge is 0.260 e. The fraction of sp³-hybridized carbons (Fsp3) is 0.353. The van der Waals surface area contributed by atoms with Crippen molar-refractivity contribution in [1.29, 1.82) is 0 Å². The second-order valence-corrected chi connectivity index (χ2v) is 7.03. The Kier molecular flexibility index (Phi) is 5.51. The van der Waals surface area contributed by atoms with Crippen LogP contribution in [0.5, 0.6) is 5.75 Å². The van der Waals surface area contributed by atoms with Gasteiger partial charge in [0, 0.05) is 23.9 Å². The number of nitrogens with zero attached hydrogens (tertiary/aromatic N) is 1. The normalized spacial score (nSPS) is 18.5. The highest BCUT2D eigenvalue weighted by Gasteiger charge is 2.23. The molecule has 6 heteroatoms. The SMILES string of the molecule is O=C(COc1ccc(Cl)cc1)N1CCSC(c2ccco2)CC1. The Morgan fingerprint density at radius 3 is 2.87 bits per heavy atom. The summed E-state index contributed by atoms with van der Waals surface area (Å²) in [4.78, 5) is 14.2. The first-order valence-electron chi connectivity index (χ1n) is 7.53. The number of furan rings is 1. The highest BCUT2D eigenvalue weighted by molar-refractivity contribution is 7.99. The first-order chi connectivity index (χ1) is 11.2. The number of amides is 1. The Bertz CT molecular complexity index is 630. The van der Waals surface area contributed by atoms with Crippen molar-refractivity contribution >= 4 is 29.3 Å². The zero-order valence-electron chi connectivity index (χ0n) is 12.6. The van der Waals surface area contributed by atoms with E-state index in [1.165, 1.54) is 0 Å². The zero-order valence-corrected chi connectivity index (χ0v) is 14.2. The maximum Gasteiger partial charge on any atom is 0.260 e. The summed E-state index contributed by atoms with van der Waals surface area (Å²) in [5.74, 6) is 2.56. The maximum atomic E-state index is 12.3. The van der Waals surface area contributed by atoms with Crippen molar-refractivity contribution in [3.63, 3.8) is 0 Å². The molecule has 1 saturated heterocycles. The molecule has 1 aromatic heterocycles. The molecule has 23 heavy (non-hydrogen) atoms. The average Bonchev–Trinajstić information content (AvgIpc) is 2.98. The largest absolute Gasteiger partial charge is 0.484 e. The van der Waals surface area contributed by atoms with Gasteiger partial charge in [-0.1, -0.05) is 11.6 Å². The summed E-state index contributed by atoms with van der Waals surface area (Å²) >= 11 is 7.67. The van der Waals surface area contributed by atoms with Crippen molar-refractivity contribution in [3.8, 4) is 5.75 Å². The van der Waals surface area contributed by atoms with E-state index in [1.54, 1.807) is 30.5 Å². The van der Waals surface area contributed by atoms with Crippen LogP contribution in [0.4, 0.5) is 0 Å². The third kappa shape index (κ3) is 4.45. The second-order valence-electron chi connectivity index (χ2n) is 5.29. The highest BCUT2D eigenvalue weighted by atomic mass is 35.5. The molecule has 1 unspecified atom stereocenters. The molecule has 1 atom stereocenters. The molecule has 0 spiro atoms. The summed E-state index contributed by atoms with van der Waals surface area (Å²) in [6, 6.07) is 10.9. The number of hydrogen-bond donors (Lipinski definition) is 0. The number of halogens is 1. The van der Waals surface area contributed by atoms with Gasteiger partial charge in [0.15, 0.2) is 6.61 Å². The van der Waals surface area contributed by atoms with Crippen LogP contribution in [0.1, 0.15) is 17.4 Å². The standard InChI is InChI=1S/C17H18ClNO3S/c18-13-3-5-14(6-4-13)22-12-17(20)19-8-7-16(23-11-9-19)15-2-1-10-21-15/h1-6,10,16H,7-9,11-12H2. The van der Waals surface area contributed by atoms with Crippen LogP contribution in [0.15, 0.2) is 47.1 Å². The molecule has 2 aromatic rings. The molecule has 2 heterocycles. The molecular weight excluding hydrogens is 334 g/mol. The molecule has 0 radical (unpaired) electrons. The van der Waals surface area contributed by atoms with E-state index in [-0.39, 0.29) is 12.5 Å². The Labute approximate surface area is 144 Å². The van der Waals surface area contributed by atoms with Crippen LogP contribution >= 0.6 is 23.4 Å². The van der Waals surface area contributed by atoms with Gasteiger partial charge in [-0.3, -0.25) is 4.79 Å². The minimum absolute atomic E-state index is 0.0145. The second kappa shape index (κ2) is 7.79. The number of ether oxygens (including phenoxy) is 1. The third-order valence-corrected chi connectivity index (χ3v) is 5.27. The summed E-state index contributed by atoms with van der Waals surface area (Å²) < 4.78 is 11.0. The molecule has 1 amide bonds. The lowest BCUT2D eigenvalue weighted by atomic mass is 10.2. The lowest BCUT2D eigenvalue weighted by Gasteiger charge is -2.20. The Hall–Kier alpha value is -1.59. The van der Waals surface area contributed by atoms with Crippen LogP contribution in [0, 0.1) is 0 Å². The van der Waals surface area contributed by atoms with Gasteiger partial charge in [-0.2, -0.15) is 0 Å². The fourth-order valence-electron chi connectivity index (χ4n) is 2.49. The summed E-state index contributed by atoms with van der Waals surface area (Å²) in [6.07, 6.45) is 2.59. The number of benzene rings is 1. The molecule has 4 nitrogen and oxygen atoms in total. The van der Waals surface area contributed by atoms with Gasteiger partial charge in [0.25, 0.3) is 5.91 Å². The van der Waals surface area contributed by atoms with Crippen molar-refractivity contribution in [2.45, 2.75) is 11.7 Å². The molecule has 1 aliphatic rings. The van der Waals surface area contributed by atoms with Gasteiger partial charge >= 0.3 is 0 Å². The van der Waals surface area contributed by atoms with E-state index in [2.05, 4.69) is 0 Å². The summed E-state index contributed by atoms with van der Waals surface area (Å²) in [6.45, 7) is 1.52. The Morgan fingerprint density at radius 1 is 1.30 bits per heavy atom.